The molecule has 7 unspecified atom stereocenters. The third-order valence-corrected chi connectivity index (χ3v) is 21.5. The Kier molecular flexibility index (Phi) is 7.75. The van der Waals surface area contributed by atoms with Crippen molar-refractivity contribution in [1.82, 2.24) is 4.98 Å². The van der Waals surface area contributed by atoms with Crippen molar-refractivity contribution in [1.29, 1.82) is 0 Å². The zero-order chi connectivity index (χ0) is 48.5. The zero-order valence-corrected chi connectivity index (χ0v) is 42.8. The standard InChI is InChI=1S/C68H46N2O2P2/c1-35-16-22-58-54(24-35)68(73,43-14-4-3-5-15-43)55-34-46(42-17-19-45-47(30-42)48-27-37-10-6-7-11-38(37)28-49(48)51-33-50(45)51)64-67-62(55)70(58)59-23-20-44(63-65(59)74(67)66-60(71-63)25-36(2)26-61(66)72-64)41-18-21-56-52(31-41)53-29-39-12-8-9-13-40(39)32-57(53)69-56/h3-32,34,46,50-51,64,69H,33,73H2,1-2H3. The van der Waals surface area contributed by atoms with Crippen LogP contribution in [-0.2, 0) is 5.16 Å². The van der Waals surface area contributed by atoms with Gasteiger partial charge in [0.1, 0.15) is 23.4 Å². The van der Waals surface area contributed by atoms with E-state index in [0.717, 1.165) is 45.0 Å². The van der Waals surface area contributed by atoms with E-state index >= 15 is 0 Å². The number of aromatic nitrogens is 1. The second kappa shape index (κ2) is 14.1. The van der Waals surface area contributed by atoms with Gasteiger partial charge in [-0.3, -0.25) is 0 Å². The largest absolute Gasteiger partial charge is 0.484 e. The topological polar surface area (TPSA) is 37.5 Å². The Morgan fingerprint density at radius 3 is 2.18 bits per heavy atom. The van der Waals surface area contributed by atoms with Crippen molar-refractivity contribution < 1.29 is 9.47 Å². The average molecular weight is 985 g/mol. The van der Waals surface area contributed by atoms with Crippen LogP contribution in [0.15, 0.2) is 205 Å². The Balaban J connectivity index is 0.908. The van der Waals surface area contributed by atoms with E-state index < -0.39 is 13.1 Å². The van der Waals surface area contributed by atoms with Crippen molar-refractivity contribution in [2.75, 3.05) is 4.90 Å². The van der Waals surface area contributed by atoms with Gasteiger partial charge in [0.25, 0.3) is 0 Å². The lowest BCUT2D eigenvalue weighted by molar-refractivity contribution is 0.223. The summed E-state index contributed by atoms with van der Waals surface area (Å²) in [7, 11) is 2.33. The van der Waals surface area contributed by atoms with Crippen LogP contribution in [0.2, 0.25) is 0 Å². The van der Waals surface area contributed by atoms with E-state index in [-0.39, 0.29) is 12.0 Å². The average Bonchev–Trinajstić information content (AvgIpc) is 4.30. The molecule has 3 aliphatic carbocycles. The molecular weight excluding hydrogens is 939 g/mol. The molecule has 6 heteroatoms. The minimum Gasteiger partial charge on any atom is -0.484 e. The first-order chi connectivity index (χ1) is 36.3. The fourth-order valence-corrected chi connectivity index (χ4v) is 18.1. The van der Waals surface area contributed by atoms with E-state index in [4.69, 9.17) is 9.47 Å². The summed E-state index contributed by atoms with van der Waals surface area (Å²) in [5.41, 5.74) is 21.5. The molecular formula is C68H46N2O2P2. The number of nitrogens with one attached hydrogen (secondary N) is 1. The maximum atomic E-state index is 7.71. The predicted octanol–water partition coefficient (Wildman–Crippen LogP) is 16.7. The summed E-state index contributed by atoms with van der Waals surface area (Å²) in [6.45, 7) is 4.42. The predicted molar refractivity (Wildman–Crippen MR) is 308 cm³/mol. The number of aromatic amines is 1. The Labute approximate surface area is 431 Å². The van der Waals surface area contributed by atoms with E-state index in [1.165, 1.54) is 122 Å². The quantitative estimate of drug-likeness (QED) is 0.179. The van der Waals surface area contributed by atoms with Crippen LogP contribution >= 0.6 is 17.2 Å². The van der Waals surface area contributed by atoms with E-state index in [0.29, 0.717) is 11.8 Å². The molecule has 1 saturated carbocycles. The second-order valence-electron chi connectivity index (χ2n) is 22.0. The molecule has 0 spiro atoms. The minimum absolute atomic E-state index is 0.0808. The molecule has 5 heterocycles. The Bertz CT molecular complexity index is 4510. The molecule has 1 N–H and O–H groups in total. The van der Waals surface area contributed by atoms with Gasteiger partial charge in [-0.2, -0.15) is 0 Å². The summed E-state index contributed by atoms with van der Waals surface area (Å²) in [5.74, 6) is 3.90. The van der Waals surface area contributed by atoms with E-state index in [2.05, 4.69) is 221 Å². The van der Waals surface area contributed by atoms with Gasteiger partial charge in [-0.1, -0.05) is 133 Å². The second-order valence-corrected chi connectivity index (χ2v) is 24.9. The van der Waals surface area contributed by atoms with Gasteiger partial charge in [-0.05, 0) is 170 Å². The molecule has 0 amide bonds. The molecule has 7 atom stereocenters. The van der Waals surface area contributed by atoms with E-state index in [9.17, 15) is 0 Å². The maximum Gasteiger partial charge on any atom is 0.145 e. The van der Waals surface area contributed by atoms with Crippen LogP contribution in [0.4, 0.5) is 11.4 Å². The van der Waals surface area contributed by atoms with E-state index in [1.54, 1.807) is 0 Å². The first-order valence-electron chi connectivity index (χ1n) is 26.1. The van der Waals surface area contributed by atoms with Crippen LogP contribution in [0.1, 0.15) is 63.1 Å². The number of rotatable bonds is 3. The fourth-order valence-electron chi connectivity index (χ4n) is 14.4. The van der Waals surface area contributed by atoms with Crippen LogP contribution in [0, 0.1) is 13.8 Å². The van der Waals surface area contributed by atoms with Crippen molar-refractivity contribution in [2.45, 2.75) is 49.3 Å². The summed E-state index contributed by atoms with van der Waals surface area (Å²) >= 11 is 0. The van der Waals surface area contributed by atoms with E-state index in [1.807, 2.05) is 0 Å². The fraction of sp³-hybridized carbons (Fsp3) is 0.118. The Hall–Kier alpha value is -7.74. The zero-order valence-electron chi connectivity index (χ0n) is 40.7. The van der Waals surface area contributed by atoms with Crippen LogP contribution in [0.3, 0.4) is 0 Å². The summed E-state index contributed by atoms with van der Waals surface area (Å²) in [4.78, 5) is 6.36. The number of H-pyrrole nitrogens is 1. The number of nitrogens with zero attached hydrogens (tertiary/aromatic N) is 1. The van der Waals surface area contributed by atoms with Crippen LogP contribution < -0.4 is 25.0 Å². The molecule has 1 fully saturated rings. The van der Waals surface area contributed by atoms with Crippen LogP contribution in [0.5, 0.6) is 17.2 Å². The number of fused-ring (bicyclic) bond motifs is 14. The SMILES string of the molecule is Cc1cc2c3c(c1)OC1C4=C5C(=CC1c1ccc6c(c1)-c1cc7ccccc7cc1C1CC61)C(P)(c1ccccc1)c1cc(C)ccc1N5c1ccc(-c5ccc6[nH]c7cc8ccccc8cc7c6c5)c(c1P43)O2. The third kappa shape index (κ3) is 5.21. The number of hydrogen-bond acceptors (Lipinski definition) is 3. The first-order valence-corrected chi connectivity index (χ1v) is 28.1. The summed E-state index contributed by atoms with van der Waals surface area (Å²) in [6, 6.07) is 69.2. The molecule has 7 aliphatic rings. The lowest BCUT2D eigenvalue weighted by atomic mass is 9.71. The van der Waals surface area contributed by atoms with Gasteiger partial charge in [-0.15, -0.1) is 9.24 Å². The van der Waals surface area contributed by atoms with Gasteiger partial charge >= 0.3 is 0 Å². The molecule has 1 aromatic heterocycles. The summed E-state index contributed by atoms with van der Waals surface area (Å²) < 4.78 is 15.2. The van der Waals surface area contributed by atoms with Gasteiger partial charge in [0.05, 0.1) is 32.8 Å². The van der Waals surface area contributed by atoms with Crippen molar-refractivity contribution in [3.8, 4) is 39.5 Å². The molecule has 4 aliphatic heterocycles. The molecule has 350 valence electrons. The Morgan fingerprint density at radius 1 is 0.595 bits per heavy atom. The van der Waals surface area contributed by atoms with Crippen molar-refractivity contribution in [3.05, 3.63) is 244 Å². The Morgan fingerprint density at radius 2 is 1.32 bits per heavy atom. The maximum absolute atomic E-state index is 7.71. The number of ether oxygens (including phenoxy) is 2. The highest BCUT2D eigenvalue weighted by Crippen LogP contribution is 2.72. The summed E-state index contributed by atoms with van der Waals surface area (Å²) in [5, 5.41) is 10.9. The lowest BCUT2D eigenvalue weighted by Crippen LogP contribution is -2.49. The van der Waals surface area contributed by atoms with Crippen molar-refractivity contribution >= 4 is 82.5 Å². The number of anilines is 2. The molecule has 74 heavy (non-hydrogen) atoms. The molecule has 0 bridgehead atoms. The lowest BCUT2D eigenvalue weighted by Gasteiger charge is -2.56. The molecule has 18 rings (SSSR count). The number of benzene rings is 10. The number of aryl methyl sites for hydroxylation is 2. The van der Waals surface area contributed by atoms with Gasteiger partial charge in [-0.25, -0.2) is 0 Å². The normalized spacial score (nSPS) is 22.6. The monoisotopic (exact) mass is 984 g/mol. The third-order valence-electron chi connectivity index (χ3n) is 17.9. The van der Waals surface area contributed by atoms with Gasteiger partial charge in [0.15, 0.2) is 0 Å². The number of hydrogen-bond donors (Lipinski definition) is 1. The van der Waals surface area contributed by atoms with Gasteiger partial charge < -0.3 is 19.4 Å². The smallest absolute Gasteiger partial charge is 0.145 e. The molecule has 0 radical (unpaired) electrons. The van der Waals surface area contributed by atoms with Gasteiger partial charge in [0, 0.05) is 46.5 Å². The van der Waals surface area contributed by atoms with Crippen molar-refractivity contribution in [2.24, 2.45) is 0 Å². The highest BCUT2D eigenvalue weighted by Gasteiger charge is 2.58. The summed E-state index contributed by atoms with van der Waals surface area (Å²) in [6.07, 6.45) is 3.59. The highest BCUT2D eigenvalue weighted by atomic mass is 31.1. The first kappa shape index (κ1) is 40.7. The highest BCUT2D eigenvalue weighted by molar-refractivity contribution is 7.78. The molecule has 11 aromatic rings. The van der Waals surface area contributed by atoms with Crippen LogP contribution in [-0.4, -0.2) is 11.1 Å². The molecule has 0 saturated heterocycles. The molecule has 10 aromatic carbocycles. The van der Waals surface area contributed by atoms with Crippen molar-refractivity contribution in [3.63, 3.8) is 0 Å². The van der Waals surface area contributed by atoms with Crippen LogP contribution in [0.25, 0.3) is 65.6 Å². The van der Waals surface area contributed by atoms with Gasteiger partial charge in [0.2, 0.25) is 0 Å². The number of allylic oxidation sites excluding steroid dienone is 1. The molecule has 4 nitrogen and oxygen atoms in total. The minimum atomic E-state index is -1.14.